The molecule has 1 N–H and O–H groups in total. The fraction of sp³-hybridized carbons (Fsp3) is 0.778. The van der Waals surface area contributed by atoms with Gasteiger partial charge in [0.05, 0.1) is 10.6 Å². The number of nitrogens with one attached hydrogen (secondary N) is 1. The van der Waals surface area contributed by atoms with E-state index in [4.69, 9.17) is 12.2 Å². The highest BCUT2D eigenvalue weighted by Crippen LogP contribution is 2.54. The molecule has 0 aromatic carbocycles. The quantitative estimate of drug-likeness (QED) is 0.604. The summed E-state index contributed by atoms with van der Waals surface area (Å²) in [4.78, 5) is 16.3. The van der Waals surface area contributed by atoms with Gasteiger partial charge in [0, 0.05) is 17.7 Å². The van der Waals surface area contributed by atoms with Crippen molar-refractivity contribution < 1.29 is 0 Å². The first kappa shape index (κ1) is 17.3. The van der Waals surface area contributed by atoms with Gasteiger partial charge in [-0.2, -0.15) is 0 Å². The Bertz CT molecular complexity index is 704. The van der Waals surface area contributed by atoms with Crippen LogP contribution >= 0.6 is 24.0 Å². The first-order valence-corrected chi connectivity index (χ1v) is 10.2. The molecule has 1 saturated carbocycles. The molecule has 5 heteroatoms. The Labute approximate surface area is 148 Å². The minimum atomic E-state index is 0.166. The number of aromatic nitrogens is 2. The number of fused-ring (bicyclic) bond motifs is 3. The van der Waals surface area contributed by atoms with E-state index in [1.165, 1.54) is 19.3 Å². The predicted molar refractivity (Wildman–Crippen MR) is 100.0 cm³/mol. The third-order valence-electron chi connectivity index (χ3n) is 6.08. The second kappa shape index (κ2) is 6.40. The van der Waals surface area contributed by atoms with Gasteiger partial charge in [-0.25, -0.2) is 0 Å². The van der Waals surface area contributed by atoms with Crippen LogP contribution in [-0.2, 0) is 6.54 Å². The summed E-state index contributed by atoms with van der Waals surface area (Å²) < 4.78 is 2.35. The van der Waals surface area contributed by atoms with Crippen molar-refractivity contribution in [3.05, 3.63) is 20.7 Å². The molecule has 1 aromatic rings. The molecule has 0 spiro atoms. The SMILES string of the molecule is CCCn1c(=S)[nH]c2c(c1=O)C1CCC(C(C)(C)CC)CC1S2. The van der Waals surface area contributed by atoms with Gasteiger partial charge < -0.3 is 4.98 Å². The third-order valence-corrected chi connectivity index (χ3v) is 7.79. The van der Waals surface area contributed by atoms with Crippen LogP contribution in [0.3, 0.4) is 0 Å². The minimum Gasteiger partial charge on any atom is -0.327 e. The van der Waals surface area contributed by atoms with Crippen LogP contribution in [0.25, 0.3) is 0 Å². The van der Waals surface area contributed by atoms with E-state index in [2.05, 4.69) is 32.7 Å². The maximum Gasteiger partial charge on any atom is 0.258 e. The molecule has 0 amide bonds. The van der Waals surface area contributed by atoms with E-state index < -0.39 is 0 Å². The summed E-state index contributed by atoms with van der Waals surface area (Å²) >= 11 is 7.28. The van der Waals surface area contributed by atoms with Crippen molar-refractivity contribution in [2.45, 2.75) is 82.5 Å². The number of H-pyrrole nitrogens is 1. The van der Waals surface area contributed by atoms with Gasteiger partial charge >= 0.3 is 0 Å². The third kappa shape index (κ3) is 2.95. The second-order valence-electron chi connectivity index (χ2n) is 7.74. The lowest BCUT2D eigenvalue weighted by atomic mass is 9.67. The highest BCUT2D eigenvalue weighted by Gasteiger charge is 2.44. The standard InChI is InChI=1S/C18H28N2OS2/c1-5-9-20-16(21)14-12-8-7-11(18(3,4)6-2)10-13(12)23-15(14)19-17(20)22/h11-13H,5-10H2,1-4H3,(H,19,22). The number of nitrogens with zero attached hydrogens (tertiary/aromatic N) is 1. The second-order valence-corrected chi connectivity index (χ2v) is 9.38. The smallest absolute Gasteiger partial charge is 0.258 e. The lowest BCUT2D eigenvalue weighted by molar-refractivity contribution is 0.148. The van der Waals surface area contributed by atoms with Gasteiger partial charge in [0.25, 0.3) is 5.56 Å². The molecule has 1 aromatic heterocycles. The molecule has 0 bridgehead atoms. The average Bonchev–Trinajstić information content (AvgIpc) is 2.88. The van der Waals surface area contributed by atoms with E-state index in [0.717, 1.165) is 35.9 Å². The molecule has 3 rings (SSSR count). The summed E-state index contributed by atoms with van der Waals surface area (Å²) in [6.45, 7) is 9.89. The Morgan fingerprint density at radius 3 is 2.74 bits per heavy atom. The van der Waals surface area contributed by atoms with Crippen LogP contribution in [0.2, 0.25) is 0 Å². The van der Waals surface area contributed by atoms with Crippen molar-refractivity contribution in [3.63, 3.8) is 0 Å². The number of hydrogen-bond donors (Lipinski definition) is 1. The summed E-state index contributed by atoms with van der Waals surface area (Å²) in [5.74, 6) is 1.18. The van der Waals surface area contributed by atoms with Crippen molar-refractivity contribution >= 4 is 24.0 Å². The molecule has 23 heavy (non-hydrogen) atoms. The molecule has 3 nitrogen and oxygen atoms in total. The maximum atomic E-state index is 12.9. The van der Waals surface area contributed by atoms with E-state index >= 15 is 0 Å². The van der Waals surface area contributed by atoms with Crippen molar-refractivity contribution in [3.8, 4) is 0 Å². The zero-order valence-corrected chi connectivity index (χ0v) is 16.3. The number of thioether (sulfide) groups is 1. The highest BCUT2D eigenvalue weighted by atomic mass is 32.2. The zero-order valence-electron chi connectivity index (χ0n) is 14.6. The molecule has 3 atom stereocenters. The Morgan fingerprint density at radius 2 is 2.09 bits per heavy atom. The molecule has 0 radical (unpaired) electrons. The van der Waals surface area contributed by atoms with Crippen molar-refractivity contribution in [2.24, 2.45) is 11.3 Å². The largest absolute Gasteiger partial charge is 0.327 e. The normalized spacial score (nSPS) is 26.9. The molecule has 2 aliphatic rings. The molecule has 0 saturated heterocycles. The van der Waals surface area contributed by atoms with Gasteiger partial charge in [0.15, 0.2) is 4.77 Å². The van der Waals surface area contributed by atoms with Crippen LogP contribution in [0.4, 0.5) is 0 Å². The first-order valence-electron chi connectivity index (χ1n) is 8.92. The highest BCUT2D eigenvalue weighted by molar-refractivity contribution is 8.00. The minimum absolute atomic E-state index is 0.166. The topological polar surface area (TPSA) is 37.8 Å². The van der Waals surface area contributed by atoms with Gasteiger partial charge in [-0.15, -0.1) is 11.8 Å². The molecule has 2 heterocycles. The number of hydrogen-bond acceptors (Lipinski definition) is 3. The Balaban J connectivity index is 1.92. The van der Waals surface area contributed by atoms with Gasteiger partial charge in [0.2, 0.25) is 0 Å². The number of rotatable bonds is 4. The summed E-state index contributed by atoms with van der Waals surface area (Å²) in [5.41, 5.74) is 1.59. The zero-order chi connectivity index (χ0) is 16.8. The summed E-state index contributed by atoms with van der Waals surface area (Å²) in [6, 6.07) is 0. The molecular formula is C18H28N2OS2. The summed E-state index contributed by atoms with van der Waals surface area (Å²) in [6.07, 6.45) is 5.76. The number of aromatic amines is 1. The Morgan fingerprint density at radius 1 is 1.35 bits per heavy atom. The van der Waals surface area contributed by atoms with Crippen LogP contribution in [0.1, 0.15) is 71.3 Å². The van der Waals surface area contributed by atoms with E-state index in [-0.39, 0.29) is 5.56 Å². The first-order chi connectivity index (χ1) is 10.9. The average molecular weight is 353 g/mol. The fourth-order valence-electron chi connectivity index (χ4n) is 4.15. The van der Waals surface area contributed by atoms with E-state index in [1.54, 1.807) is 4.57 Å². The van der Waals surface area contributed by atoms with Crippen LogP contribution in [-0.4, -0.2) is 14.8 Å². The van der Waals surface area contributed by atoms with Gasteiger partial charge in [-0.1, -0.05) is 34.1 Å². The molecule has 1 aliphatic heterocycles. The fourth-order valence-corrected chi connectivity index (χ4v) is 6.08. The monoisotopic (exact) mass is 352 g/mol. The lowest BCUT2D eigenvalue weighted by Crippen LogP contribution is -2.34. The Hall–Kier alpha value is -0.550. The van der Waals surface area contributed by atoms with E-state index in [1.807, 2.05) is 11.8 Å². The van der Waals surface area contributed by atoms with Gasteiger partial charge in [-0.3, -0.25) is 9.36 Å². The molecule has 1 aliphatic carbocycles. The molecule has 3 unspecified atom stereocenters. The molecule has 1 fully saturated rings. The van der Waals surface area contributed by atoms with E-state index in [0.29, 0.717) is 21.4 Å². The van der Waals surface area contributed by atoms with Crippen LogP contribution in [0.15, 0.2) is 9.82 Å². The van der Waals surface area contributed by atoms with Crippen LogP contribution in [0, 0.1) is 16.1 Å². The lowest BCUT2D eigenvalue weighted by Gasteiger charge is -2.40. The maximum absolute atomic E-state index is 12.9. The summed E-state index contributed by atoms with van der Waals surface area (Å²) in [5, 5.41) is 1.60. The van der Waals surface area contributed by atoms with E-state index in [9.17, 15) is 4.79 Å². The van der Waals surface area contributed by atoms with Crippen molar-refractivity contribution in [2.75, 3.05) is 0 Å². The Kier molecular flexibility index (Phi) is 4.81. The van der Waals surface area contributed by atoms with Crippen LogP contribution in [0.5, 0.6) is 0 Å². The molecule has 128 valence electrons. The van der Waals surface area contributed by atoms with Crippen molar-refractivity contribution in [1.82, 2.24) is 9.55 Å². The van der Waals surface area contributed by atoms with Crippen LogP contribution < -0.4 is 5.56 Å². The van der Waals surface area contributed by atoms with Crippen molar-refractivity contribution in [1.29, 1.82) is 0 Å². The van der Waals surface area contributed by atoms with Gasteiger partial charge in [-0.05, 0) is 49.2 Å². The molecular weight excluding hydrogens is 324 g/mol. The van der Waals surface area contributed by atoms with Gasteiger partial charge in [0.1, 0.15) is 0 Å². The summed E-state index contributed by atoms with van der Waals surface area (Å²) in [7, 11) is 0. The predicted octanol–water partition coefficient (Wildman–Crippen LogP) is 5.11.